The molecule has 0 saturated heterocycles. The minimum Gasteiger partial charge on any atom is -0.358 e. The maximum Gasteiger partial charge on any atom is 0.253 e. The summed E-state index contributed by atoms with van der Waals surface area (Å²) in [6.45, 7) is 3.57. The largest absolute Gasteiger partial charge is 0.358 e. The van der Waals surface area contributed by atoms with E-state index in [2.05, 4.69) is 29.2 Å². The molecule has 23 heavy (non-hydrogen) atoms. The minimum atomic E-state index is 0.142. The summed E-state index contributed by atoms with van der Waals surface area (Å²) in [6, 6.07) is 16.3. The Morgan fingerprint density at radius 2 is 1.87 bits per heavy atom. The van der Waals surface area contributed by atoms with Crippen LogP contribution < -0.4 is 0 Å². The Labute approximate surface area is 135 Å². The number of fused-ring (bicyclic) bond motifs is 3. The molecule has 0 unspecified atom stereocenters. The van der Waals surface area contributed by atoms with E-state index in [1.165, 1.54) is 22.2 Å². The van der Waals surface area contributed by atoms with E-state index in [0.717, 1.165) is 37.1 Å². The lowest BCUT2D eigenvalue weighted by Gasteiger charge is -2.20. The van der Waals surface area contributed by atoms with Crippen molar-refractivity contribution in [3.63, 3.8) is 0 Å². The Kier molecular flexibility index (Phi) is 3.41. The molecule has 1 aliphatic rings. The number of aryl methyl sites for hydroxylation is 1. The van der Waals surface area contributed by atoms with Crippen LogP contribution in [0.4, 0.5) is 0 Å². The third-order valence-electron chi connectivity index (χ3n) is 4.72. The first-order valence-corrected chi connectivity index (χ1v) is 8.17. The highest BCUT2D eigenvalue weighted by atomic mass is 16.2. The number of nitrogens with one attached hydrogen (secondary N) is 1. The number of para-hydroxylation sites is 1. The number of carbonyl (C=O) groups excluding carboxylic acids is 1. The molecule has 0 bridgehead atoms. The van der Waals surface area contributed by atoms with E-state index in [-0.39, 0.29) is 5.91 Å². The van der Waals surface area contributed by atoms with Gasteiger partial charge >= 0.3 is 0 Å². The fraction of sp³-hybridized carbons (Fsp3) is 0.250. The first-order valence-electron chi connectivity index (χ1n) is 8.17. The summed E-state index contributed by atoms with van der Waals surface area (Å²) in [5.41, 5.74) is 5.78. The van der Waals surface area contributed by atoms with Gasteiger partial charge in [-0.05, 0) is 37.1 Å². The standard InChI is InChI=1S/C20H20N2O/c1-14-5-4-6-15(13-14)20(23)22-11-9-17-16-7-2-3-8-18(16)21-19(17)10-12-22/h2-8,13,21H,9-12H2,1H3. The van der Waals surface area contributed by atoms with Gasteiger partial charge in [-0.1, -0.05) is 35.9 Å². The van der Waals surface area contributed by atoms with Crippen LogP contribution in [0.15, 0.2) is 48.5 Å². The highest BCUT2D eigenvalue weighted by Crippen LogP contribution is 2.26. The Morgan fingerprint density at radius 3 is 2.74 bits per heavy atom. The molecule has 1 N–H and O–H groups in total. The van der Waals surface area contributed by atoms with Crippen LogP contribution in [0, 0.1) is 6.92 Å². The third-order valence-corrected chi connectivity index (χ3v) is 4.72. The monoisotopic (exact) mass is 304 g/mol. The van der Waals surface area contributed by atoms with Crippen molar-refractivity contribution in [2.75, 3.05) is 13.1 Å². The maximum absolute atomic E-state index is 12.8. The molecule has 1 amide bonds. The molecule has 0 fully saturated rings. The van der Waals surface area contributed by atoms with Gasteiger partial charge in [-0.3, -0.25) is 4.79 Å². The number of nitrogens with zero attached hydrogens (tertiary/aromatic N) is 1. The predicted octanol–water partition coefficient (Wildman–Crippen LogP) is 3.72. The van der Waals surface area contributed by atoms with Gasteiger partial charge in [0.1, 0.15) is 0 Å². The molecule has 116 valence electrons. The zero-order valence-electron chi connectivity index (χ0n) is 13.3. The Balaban J connectivity index is 1.60. The van der Waals surface area contributed by atoms with Gasteiger partial charge in [0.2, 0.25) is 0 Å². The van der Waals surface area contributed by atoms with Gasteiger partial charge in [-0.25, -0.2) is 0 Å². The molecule has 2 heterocycles. The lowest BCUT2D eigenvalue weighted by atomic mass is 10.1. The Bertz CT molecular complexity index is 878. The summed E-state index contributed by atoms with van der Waals surface area (Å²) in [7, 11) is 0. The highest BCUT2D eigenvalue weighted by Gasteiger charge is 2.22. The number of aromatic nitrogens is 1. The average Bonchev–Trinajstić information content (AvgIpc) is 2.79. The normalized spacial score (nSPS) is 14.6. The van der Waals surface area contributed by atoms with Crippen molar-refractivity contribution in [1.29, 1.82) is 0 Å². The highest BCUT2D eigenvalue weighted by molar-refractivity contribution is 5.94. The number of amides is 1. The quantitative estimate of drug-likeness (QED) is 0.731. The number of benzene rings is 2. The molecule has 3 nitrogen and oxygen atoms in total. The summed E-state index contributed by atoms with van der Waals surface area (Å²) in [5, 5.41) is 1.30. The van der Waals surface area contributed by atoms with Crippen LogP contribution in [0.25, 0.3) is 10.9 Å². The molecule has 3 aromatic rings. The van der Waals surface area contributed by atoms with Crippen molar-refractivity contribution in [3.8, 4) is 0 Å². The van der Waals surface area contributed by atoms with Crippen molar-refractivity contribution in [2.24, 2.45) is 0 Å². The first kappa shape index (κ1) is 14.1. The molecule has 0 radical (unpaired) electrons. The van der Waals surface area contributed by atoms with Crippen molar-refractivity contribution in [3.05, 3.63) is 70.9 Å². The van der Waals surface area contributed by atoms with Gasteiger partial charge in [-0.2, -0.15) is 0 Å². The van der Waals surface area contributed by atoms with Gasteiger partial charge in [-0.15, -0.1) is 0 Å². The number of hydrogen-bond acceptors (Lipinski definition) is 1. The molecule has 1 aliphatic heterocycles. The zero-order valence-corrected chi connectivity index (χ0v) is 13.3. The smallest absolute Gasteiger partial charge is 0.253 e. The van der Waals surface area contributed by atoms with Crippen molar-refractivity contribution < 1.29 is 4.79 Å². The number of carbonyl (C=O) groups is 1. The average molecular weight is 304 g/mol. The predicted molar refractivity (Wildman–Crippen MR) is 92.8 cm³/mol. The molecule has 0 spiro atoms. The van der Waals surface area contributed by atoms with Crippen molar-refractivity contribution in [1.82, 2.24) is 9.88 Å². The number of hydrogen-bond donors (Lipinski definition) is 1. The molecule has 0 aliphatic carbocycles. The third kappa shape index (κ3) is 2.52. The van der Waals surface area contributed by atoms with E-state index in [9.17, 15) is 4.79 Å². The Morgan fingerprint density at radius 1 is 1.04 bits per heavy atom. The fourth-order valence-electron chi connectivity index (χ4n) is 3.52. The summed E-state index contributed by atoms with van der Waals surface area (Å²) >= 11 is 0. The fourth-order valence-corrected chi connectivity index (χ4v) is 3.52. The summed E-state index contributed by atoms with van der Waals surface area (Å²) in [5.74, 6) is 0.142. The van der Waals surface area contributed by atoms with E-state index in [1.54, 1.807) is 0 Å². The SMILES string of the molecule is Cc1cccc(C(=O)N2CCc3[nH]c4ccccc4c3CC2)c1. The summed E-state index contributed by atoms with van der Waals surface area (Å²) < 4.78 is 0. The molecule has 3 heteroatoms. The lowest BCUT2D eigenvalue weighted by molar-refractivity contribution is 0.0763. The van der Waals surface area contributed by atoms with E-state index in [1.807, 2.05) is 36.1 Å². The molecule has 4 rings (SSSR count). The van der Waals surface area contributed by atoms with Crippen LogP contribution in [0.3, 0.4) is 0 Å². The topological polar surface area (TPSA) is 36.1 Å². The summed E-state index contributed by atoms with van der Waals surface area (Å²) in [4.78, 5) is 18.3. The van der Waals surface area contributed by atoms with Crippen LogP contribution in [0.2, 0.25) is 0 Å². The van der Waals surface area contributed by atoms with Gasteiger partial charge in [0.15, 0.2) is 0 Å². The number of aromatic amines is 1. The van der Waals surface area contributed by atoms with Gasteiger partial charge in [0.25, 0.3) is 5.91 Å². The molecule has 0 atom stereocenters. The summed E-state index contributed by atoms with van der Waals surface area (Å²) in [6.07, 6.45) is 1.80. The second-order valence-corrected chi connectivity index (χ2v) is 6.29. The lowest BCUT2D eigenvalue weighted by Crippen LogP contribution is -2.33. The Hall–Kier alpha value is -2.55. The van der Waals surface area contributed by atoms with Gasteiger partial charge in [0.05, 0.1) is 0 Å². The van der Waals surface area contributed by atoms with E-state index in [4.69, 9.17) is 0 Å². The zero-order chi connectivity index (χ0) is 15.8. The molecule has 0 saturated carbocycles. The van der Waals surface area contributed by atoms with Gasteiger partial charge in [0, 0.05) is 41.7 Å². The second kappa shape index (κ2) is 5.58. The first-order chi connectivity index (χ1) is 11.2. The number of rotatable bonds is 1. The minimum absolute atomic E-state index is 0.142. The second-order valence-electron chi connectivity index (χ2n) is 6.29. The maximum atomic E-state index is 12.8. The van der Waals surface area contributed by atoms with Crippen LogP contribution in [0.5, 0.6) is 0 Å². The molecular formula is C20H20N2O. The number of H-pyrrole nitrogens is 1. The van der Waals surface area contributed by atoms with Crippen LogP contribution >= 0.6 is 0 Å². The van der Waals surface area contributed by atoms with Crippen molar-refractivity contribution >= 4 is 16.8 Å². The van der Waals surface area contributed by atoms with Crippen LogP contribution in [-0.2, 0) is 12.8 Å². The van der Waals surface area contributed by atoms with Crippen LogP contribution in [-0.4, -0.2) is 28.9 Å². The van der Waals surface area contributed by atoms with E-state index >= 15 is 0 Å². The molecular weight excluding hydrogens is 284 g/mol. The molecule has 2 aromatic carbocycles. The van der Waals surface area contributed by atoms with E-state index in [0.29, 0.717) is 0 Å². The molecule has 1 aromatic heterocycles. The van der Waals surface area contributed by atoms with E-state index < -0.39 is 0 Å². The van der Waals surface area contributed by atoms with Gasteiger partial charge < -0.3 is 9.88 Å². The van der Waals surface area contributed by atoms with Crippen molar-refractivity contribution in [2.45, 2.75) is 19.8 Å². The van der Waals surface area contributed by atoms with Crippen LogP contribution in [0.1, 0.15) is 27.2 Å².